The molecule has 0 bridgehead atoms. The summed E-state index contributed by atoms with van der Waals surface area (Å²) in [5.74, 6) is 1.93. The minimum Gasteiger partial charge on any atom is -0.437 e. The Labute approximate surface area is 191 Å². The number of nitrogens with zero attached hydrogens (tertiary/aromatic N) is 6. The number of para-hydroxylation sites is 1. The number of hydrogen-bond acceptors (Lipinski definition) is 6. The molecule has 1 aliphatic rings. The smallest absolute Gasteiger partial charge is 0.255 e. The molecule has 3 aromatic heterocycles. The first kappa shape index (κ1) is 20.8. The van der Waals surface area contributed by atoms with E-state index in [9.17, 15) is 4.79 Å². The average Bonchev–Trinajstić information content (AvgIpc) is 3.41. The quantitative estimate of drug-likeness (QED) is 0.463. The summed E-state index contributed by atoms with van der Waals surface area (Å²) >= 11 is 0. The summed E-state index contributed by atoms with van der Waals surface area (Å²) in [4.78, 5) is 28.5. The van der Waals surface area contributed by atoms with Crippen molar-refractivity contribution in [1.29, 1.82) is 0 Å². The second kappa shape index (κ2) is 9.20. The molecule has 8 heteroatoms. The number of piperidine rings is 1. The number of rotatable bonds is 5. The lowest BCUT2D eigenvalue weighted by Gasteiger charge is -2.32. The second-order valence-corrected chi connectivity index (χ2v) is 8.06. The van der Waals surface area contributed by atoms with Gasteiger partial charge in [0.15, 0.2) is 5.82 Å². The zero-order valence-electron chi connectivity index (χ0n) is 18.3. The highest BCUT2D eigenvalue weighted by Crippen LogP contribution is 2.33. The van der Waals surface area contributed by atoms with E-state index in [-0.39, 0.29) is 11.8 Å². The fourth-order valence-corrected chi connectivity index (χ4v) is 4.09. The van der Waals surface area contributed by atoms with Crippen LogP contribution in [0.3, 0.4) is 0 Å². The molecular weight excluding hydrogens is 416 g/mol. The van der Waals surface area contributed by atoms with E-state index >= 15 is 0 Å². The predicted molar refractivity (Wildman–Crippen MR) is 123 cm³/mol. The van der Waals surface area contributed by atoms with Gasteiger partial charge in [-0.25, -0.2) is 14.6 Å². The van der Waals surface area contributed by atoms with E-state index in [2.05, 4.69) is 20.1 Å². The maximum Gasteiger partial charge on any atom is 0.255 e. The third-order valence-corrected chi connectivity index (χ3v) is 5.82. The van der Waals surface area contributed by atoms with Gasteiger partial charge in [-0.05, 0) is 49.6 Å². The first-order chi connectivity index (χ1) is 16.2. The normalized spacial score (nSPS) is 15.9. The van der Waals surface area contributed by atoms with Crippen LogP contribution in [0.25, 0.3) is 5.82 Å². The van der Waals surface area contributed by atoms with Gasteiger partial charge in [-0.3, -0.25) is 9.78 Å². The van der Waals surface area contributed by atoms with Gasteiger partial charge in [-0.1, -0.05) is 18.2 Å². The number of aryl methyl sites for hydroxylation is 1. The molecule has 5 rings (SSSR count). The molecular formula is C25H24N6O2. The van der Waals surface area contributed by atoms with Crippen molar-refractivity contribution in [2.45, 2.75) is 25.7 Å². The zero-order chi connectivity index (χ0) is 22.6. The molecule has 1 aromatic carbocycles. The van der Waals surface area contributed by atoms with Gasteiger partial charge in [-0.15, -0.1) is 0 Å². The largest absolute Gasteiger partial charge is 0.437 e. The van der Waals surface area contributed by atoms with E-state index in [0.717, 1.165) is 29.8 Å². The number of ether oxygens (including phenoxy) is 1. The van der Waals surface area contributed by atoms with Gasteiger partial charge in [0.05, 0.1) is 5.56 Å². The van der Waals surface area contributed by atoms with E-state index in [1.165, 1.54) is 0 Å². The number of benzene rings is 1. The van der Waals surface area contributed by atoms with Gasteiger partial charge >= 0.3 is 0 Å². The topological polar surface area (TPSA) is 86.0 Å². The van der Waals surface area contributed by atoms with Gasteiger partial charge < -0.3 is 9.64 Å². The summed E-state index contributed by atoms with van der Waals surface area (Å²) in [7, 11) is 0. The first-order valence-corrected chi connectivity index (χ1v) is 11.0. The molecule has 1 saturated heterocycles. The summed E-state index contributed by atoms with van der Waals surface area (Å²) < 4.78 is 7.79. The Morgan fingerprint density at radius 3 is 2.70 bits per heavy atom. The fraction of sp³-hybridized carbons (Fsp3) is 0.240. The van der Waals surface area contributed by atoms with Crippen LogP contribution in [0, 0.1) is 6.92 Å². The van der Waals surface area contributed by atoms with Crippen LogP contribution in [-0.2, 0) is 0 Å². The Hall–Kier alpha value is -4.07. The van der Waals surface area contributed by atoms with E-state index in [4.69, 9.17) is 4.74 Å². The Morgan fingerprint density at radius 2 is 1.91 bits per heavy atom. The number of carbonyl (C=O) groups excluding carboxylic acids is 1. The van der Waals surface area contributed by atoms with Crippen molar-refractivity contribution < 1.29 is 9.53 Å². The number of aromatic nitrogens is 5. The van der Waals surface area contributed by atoms with Crippen LogP contribution in [-0.4, -0.2) is 48.6 Å². The Bertz CT molecular complexity index is 1240. The van der Waals surface area contributed by atoms with Crippen LogP contribution in [0.2, 0.25) is 0 Å². The molecule has 1 aliphatic heterocycles. The van der Waals surface area contributed by atoms with Crippen molar-refractivity contribution >= 4 is 5.91 Å². The maximum atomic E-state index is 13.2. The molecule has 8 nitrogen and oxygen atoms in total. The van der Waals surface area contributed by atoms with Crippen molar-refractivity contribution in [3.63, 3.8) is 0 Å². The van der Waals surface area contributed by atoms with Crippen LogP contribution in [0.4, 0.5) is 0 Å². The van der Waals surface area contributed by atoms with Crippen LogP contribution in [0.15, 0.2) is 73.4 Å². The fourth-order valence-electron chi connectivity index (χ4n) is 4.09. The van der Waals surface area contributed by atoms with Crippen LogP contribution >= 0.6 is 0 Å². The third kappa shape index (κ3) is 4.45. The van der Waals surface area contributed by atoms with Gasteiger partial charge in [-0.2, -0.15) is 5.10 Å². The highest BCUT2D eigenvalue weighted by atomic mass is 16.5. The van der Waals surface area contributed by atoms with Crippen molar-refractivity contribution in [1.82, 2.24) is 29.6 Å². The highest BCUT2D eigenvalue weighted by molar-refractivity contribution is 5.94. The van der Waals surface area contributed by atoms with Crippen molar-refractivity contribution in [3.05, 3.63) is 90.3 Å². The van der Waals surface area contributed by atoms with Gasteiger partial charge in [0.25, 0.3) is 5.91 Å². The lowest BCUT2D eigenvalue weighted by Crippen LogP contribution is -2.39. The first-order valence-electron chi connectivity index (χ1n) is 11.0. The molecule has 0 saturated carbocycles. The molecule has 0 aliphatic carbocycles. The number of amides is 1. The van der Waals surface area contributed by atoms with Gasteiger partial charge in [0.1, 0.15) is 11.4 Å². The number of hydrogen-bond donors (Lipinski definition) is 0. The second-order valence-electron chi connectivity index (χ2n) is 8.06. The minimum absolute atomic E-state index is 0.0375. The molecule has 0 spiro atoms. The zero-order valence-corrected chi connectivity index (χ0v) is 18.3. The van der Waals surface area contributed by atoms with Crippen LogP contribution in [0.5, 0.6) is 11.6 Å². The third-order valence-electron chi connectivity index (χ3n) is 5.82. The Balaban J connectivity index is 1.33. The Morgan fingerprint density at radius 1 is 1.03 bits per heavy atom. The summed E-state index contributed by atoms with van der Waals surface area (Å²) in [5, 5.41) is 4.17. The van der Waals surface area contributed by atoms with E-state index in [1.54, 1.807) is 41.6 Å². The molecule has 33 heavy (non-hydrogen) atoms. The SMILES string of the molecule is Cc1ccccc1Oc1nccnc1[C@H]1CCCN(C(=O)c2ccc(-n3cccn3)nc2)C1. The van der Waals surface area contributed by atoms with Gasteiger partial charge in [0, 0.05) is 50.0 Å². The Kier molecular flexibility index (Phi) is 5.80. The molecule has 0 N–H and O–H groups in total. The number of carbonyl (C=O) groups is 1. The van der Waals surface area contributed by atoms with E-state index < -0.39 is 0 Å². The maximum absolute atomic E-state index is 13.2. The summed E-state index contributed by atoms with van der Waals surface area (Å²) in [6.45, 7) is 3.26. The number of likely N-dealkylation sites (tertiary alicyclic amines) is 1. The molecule has 1 atom stereocenters. The molecule has 0 radical (unpaired) electrons. The highest BCUT2D eigenvalue weighted by Gasteiger charge is 2.29. The van der Waals surface area contributed by atoms with Crippen molar-refractivity contribution in [2.75, 3.05) is 13.1 Å². The molecule has 1 fully saturated rings. The van der Waals surface area contributed by atoms with Crippen LogP contribution < -0.4 is 4.74 Å². The summed E-state index contributed by atoms with van der Waals surface area (Å²) in [6, 6.07) is 13.3. The average molecular weight is 441 g/mol. The standard InChI is InChI=1S/C25H24N6O2/c1-18-6-2-3-8-21(18)33-24-23(26-12-13-27-24)20-7-4-14-30(17-20)25(32)19-9-10-22(28-16-19)31-15-5-11-29-31/h2-3,5-6,8-13,15-16,20H,4,7,14,17H2,1H3/t20-/m0/s1. The van der Waals surface area contributed by atoms with Crippen molar-refractivity contribution in [3.8, 4) is 17.4 Å². The van der Waals surface area contributed by atoms with E-state index in [1.807, 2.05) is 48.4 Å². The summed E-state index contributed by atoms with van der Waals surface area (Å²) in [6.07, 6.45) is 10.2. The van der Waals surface area contributed by atoms with Crippen LogP contribution in [0.1, 0.15) is 40.4 Å². The summed E-state index contributed by atoms with van der Waals surface area (Å²) in [5.41, 5.74) is 2.37. The molecule has 0 unspecified atom stereocenters. The minimum atomic E-state index is -0.0375. The lowest BCUT2D eigenvalue weighted by molar-refractivity contribution is 0.0704. The molecule has 166 valence electrons. The lowest BCUT2D eigenvalue weighted by atomic mass is 9.94. The molecule has 4 heterocycles. The molecule has 4 aromatic rings. The van der Waals surface area contributed by atoms with E-state index in [0.29, 0.717) is 30.4 Å². The van der Waals surface area contributed by atoms with Gasteiger partial charge in [0.2, 0.25) is 5.88 Å². The monoisotopic (exact) mass is 440 g/mol. The predicted octanol–water partition coefficient (Wildman–Crippen LogP) is 4.18. The van der Waals surface area contributed by atoms with Crippen molar-refractivity contribution in [2.24, 2.45) is 0 Å². The number of pyridine rings is 1. The molecule has 1 amide bonds.